The first-order valence-corrected chi connectivity index (χ1v) is 11.7. The molecular formula is C27H44O3. The largest absolute Gasteiger partial charge is 0.393 e. The molecule has 0 radical (unpaired) electrons. The van der Waals surface area contributed by atoms with Crippen LogP contribution in [0.1, 0.15) is 100.0 Å². The van der Waals surface area contributed by atoms with E-state index < -0.39 is 25.4 Å². The molecule has 3 saturated carbocycles. The van der Waals surface area contributed by atoms with Crippen molar-refractivity contribution in [1.82, 2.24) is 0 Å². The van der Waals surface area contributed by atoms with Crippen molar-refractivity contribution in [2.45, 2.75) is 110 Å². The molecular weight excluding hydrogens is 372 g/mol. The second-order valence-electron chi connectivity index (χ2n) is 10.4. The smallest absolute Gasteiger partial charge is 0.0849 e. The minimum atomic E-state index is -3.22. The molecule has 3 rings (SSSR count). The summed E-state index contributed by atoms with van der Waals surface area (Å²) >= 11 is 0. The minimum absolute atomic E-state index is 0.0784. The summed E-state index contributed by atoms with van der Waals surface area (Å²) in [6.45, 7) is 2.17. The molecule has 0 aromatic heterocycles. The normalized spacial score (nSPS) is 41.2. The van der Waals surface area contributed by atoms with Gasteiger partial charge in [0.1, 0.15) is 0 Å². The Kier molecular flexibility index (Phi) is 5.18. The topological polar surface area (TPSA) is 60.7 Å². The van der Waals surface area contributed by atoms with Gasteiger partial charge in [0.25, 0.3) is 0 Å². The minimum Gasteiger partial charge on any atom is -0.393 e. The molecule has 0 spiro atoms. The molecule has 0 saturated heterocycles. The Balaban J connectivity index is 1.71. The lowest BCUT2D eigenvalue weighted by molar-refractivity contribution is -0.0554. The molecule has 0 aromatic rings. The molecule has 3 nitrogen and oxygen atoms in total. The number of hydrogen-bond donors (Lipinski definition) is 3. The third-order valence-electron chi connectivity index (χ3n) is 8.29. The fraction of sp³-hybridized carbons (Fsp3) is 0.778. The molecule has 0 bridgehead atoms. The van der Waals surface area contributed by atoms with E-state index in [1.807, 2.05) is 0 Å². The van der Waals surface area contributed by atoms with Gasteiger partial charge in [0.2, 0.25) is 0 Å². The standard InChI is InChI=1S/C27H44O3/c1-18-8-12-22(28)17-21(18)11-10-20-7-6-16-27(5)23(13-14-24(20)27)19(2)9-15-25(29)26(3,4)30/h10-11,19,22-25,28-30H,1,6-9,12-17H2,2-5H3/b20-10+,21-11-/t19-,22+,23?,24?,25+,27-/m1/s1/i3D3,4D3. The average molecular weight is 423 g/mol. The van der Waals surface area contributed by atoms with Crippen LogP contribution in [0.3, 0.4) is 0 Å². The number of allylic oxidation sites excluding steroid dienone is 4. The molecule has 0 aromatic carbocycles. The van der Waals surface area contributed by atoms with Crippen molar-refractivity contribution in [2.24, 2.45) is 23.2 Å². The first kappa shape index (κ1) is 16.7. The molecule has 3 aliphatic carbocycles. The second-order valence-corrected chi connectivity index (χ2v) is 10.4. The van der Waals surface area contributed by atoms with Gasteiger partial charge in [0, 0.05) is 8.22 Å². The zero-order valence-corrected chi connectivity index (χ0v) is 18.7. The number of aliphatic hydroxyl groups excluding tert-OH is 2. The predicted octanol–water partition coefficient (Wildman–Crippen LogP) is 5.70. The molecule has 3 N–H and O–H groups in total. The van der Waals surface area contributed by atoms with E-state index in [0.29, 0.717) is 24.7 Å². The van der Waals surface area contributed by atoms with Gasteiger partial charge in [0.15, 0.2) is 0 Å². The van der Waals surface area contributed by atoms with Crippen LogP contribution in [-0.4, -0.2) is 33.1 Å². The van der Waals surface area contributed by atoms with E-state index in [4.69, 9.17) is 8.22 Å². The van der Waals surface area contributed by atoms with Crippen LogP contribution in [0.5, 0.6) is 0 Å². The predicted molar refractivity (Wildman–Crippen MR) is 124 cm³/mol. The van der Waals surface area contributed by atoms with Crippen molar-refractivity contribution in [3.05, 3.63) is 35.5 Å². The van der Waals surface area contributed by atoms with Crippen LogP contribution in [0.4, 0.5) is 0 Å². The fourth-order valence-electron chi connectivity index (χ4n) is 6.44. The van der Waals surface area contributed by atoms with E-state index in [0.717, 1.165) is 56.1 Å². The van der Waals surface area contributed by atoms with Crippen LogP contribution in [0.15, 0.2) is 35.5 Å². The monoisotopic (exact) mass is 422 g/mol. The third kappa shape index (κ3) is 5.11. The molecule has 3 aliphatic rings. The van der Waals surface area contributed by atoms with Gasteiger partial charge in [0.05, 0.1) is 17.8 Å². The first-order chi connectivity index (χ1) is 16.5. The van der Waals surface area contributed by atoms with E-state index >= 15 is 0 Å². The molecule has 0 heterocycles. The number of hydrogen-bond acceptors (Lipinski definition) is 3. The molecule has 2 unspecified atom stereocenters. The Morgan fingerprint density at radius 1 is 1.23 bits per heavy atom. The van der Waals surface area contributed by atoms with Crippen LogP contribution in [0.2, 0.25) is 0 Å². The molecule has 3 heteroatoms. The summed E-state index contributed by atoms with van der Waals surface area (Å²) in [7, 11) is 0. The Morgan fingerprint density at radius 3 is 2.73 bits per heavy atom. The maximum Gasteiger partial charge on any atom is 0.0849 e. The Hall–Kier alpha value is -0.900. The average Bonchev–Trinajstić information content (AvgIpc) is 3.13. The second kappa shape index (κ2) is 9.30. The van der Waals surface area contributed by atoms with Gasteiger partial charge in [-0.3, -0.25) is 0 Å². The summed E-state index contributed by atoms with van der Waals surface area (Å²) in [6.07, 6.45) is 10.2. The fourth-order valence-corrected chi connectivity index (χ4v) is 6.44. The summed E-state index contributed by atoms with van der Waals surface area (Å²) in [5, 5.41) is 31.2. The van der Waals surface area contributed by atoms with Crippen molar-refractivity contribution in [3.8, 4) is 0 Å². The van der Waals surface area contributed by atoms with Gasteiger partial charge >= 0.3 is 0 Å². The SMILES string of the molecule is [2H]C([2H])([2H])C(O)([C@@H](O)CC[C@@H](C)C1CCC2/C(=C/C=C3/C[C@@H](O)CCC3=C)CCC[C@@]21C)C([2H])([2H])[2H]. The van der Waals surface area contributed by atoms with Crippen molar-refractivity contribution in [1.29, 1.82) is 0 Å². The highest BCUT2D eigenvalue weighted by molar-refractivity contribution is 5.36. The van der Waals surface area contributed by atoms with Crippen LogP contribution in [0, 0.1) is 23.2 Å². The van der Waals surface area contributed by atoms with Crippen LogP contribution in [-0.2, 0) is 0 Å². The number of fused-ring (bicyclic) bond motifs is 1. The van der Waals surface area contributed by atoms with Crippen molar-refractivity contribution < 1.29 is 23.5 Å². The maximum absolute atomic E-state index is 10.6. The summed E-state index contributed by atoms with van der Waals surface area (Å²) in [5.41, 5.74) is 0.633. The van der Waals surface area contributed by atoms with Gasteiger partial charge in [-0.05, 0) is 107 Å². The quantitative estimate of drug-likeness (QED) is 0.514. The Labute approximate surface area is 192 Å². The lowest BCUT2D eigenvalue weighted by atomic mass is 9.60. The summed E-state index contributed by atoms with van der Waals surface area (Å²) < 4.78 is 45.4. The van der Waals surface area contributed by atoms with E-state index in [9.17, 15) is 15.3 Å². The van der Waals surface area contributed by atoms with Gasteiger partial charge in [-0.25, -0.2) is 0 Å². The summed E-state index contributed by atoms with van der Waals surface area (Å²) in [5.74, 6) is 0.966. The van der Waals surface area contributed by atoms with E-state index in [1.165, 1.54) is 5.57 Å². The van der Waals surface area contributed by atoms with Gasteiger partial charge in [-0.2, -0.15) is 0 Å². The van der Waals surface area contributed by atoms with Gasteiger partial charge in [-0.1, -0.05) is 43.7 Å². The van der Waals surface area contributed by atoms with Crippen molar-refractivity contribution in [2.75, 3.05) is 0 Å². The molecule has 170 valence electrons. The number of aliphatic hydroxyl groups is 3. The van der Waals surface area contributed by atoms with Gasteiger partial charge in [-0.15, -0.1) is 0 Å². The van der Waals surface area contributed by atoms with Crippen LogP contribution < -0.4 is 0 Å². The summed E-state index contributed by atoms with van der Waals surface area (Å²) in [6, 6.07) is 0. The third-order valence-corrected chi connectivity index (χ3v) is 8.29. The summed E-state index contributed by atoms with van der Waals surface area (Å²) in [4.78, 5) is 0. The van der Waals surface area contributed by atoms with E-state index in [-0.39, 0.29) is 23.9 Å². The molecule has 3 fully saturated rings. The zero-order valence-electron chi connectivity index (χ0n) is 24.7. The lowest BCUT2D eigenvalue weighted by Crippen LogP contribution is -2.38. The highest BCUT2D eigenvalue weighted by atomic mass is 16.3. The highest BCUT2D eigenvalue weighted by Crippen LogP contribution is 2.60. The van der Waals surface area contributed by atoms with E-state index in [2.05, 4.69) is 32.6 Å². The van der Waals surface area contributed by atoms with Crippen LogP contribution >= 0.6 is 0 Å². The van der Waals surface area contributed by atoms with Crippen molar-refractivity contribution in [3.63, 3.8) is 0 Å². The molecule has 0 amide bonds. The van der Waals surface area contributed by atoms with Crippen LogP contribution in [0.25, 0.3) is 0 Å². The number of rotatable bonds is 6. The zero-order chi connectivity index (χ0) is 27.1. The molecule has 0 aliphatic heterocycles. The van der Waals surface area contributed by atoms with Gasteiger partial charge < -0.3 is 15.3 Å². The maximum atomic E-state index is 10.6. The Bertz CT molecular complexity index is 860. The Morgan fingerprint density at radius 2 is 2.00 bits per heavy atom. The highest BCUT2D eigenvalue weighted by Gasteiger charge is 2.50. The van der Waals surface area contributed by atoms with E-state index in [1.54, 1.807) is 0 Å². The molecule has 30 heavy (non-hydrogen) atoms. The lowest BCUT2D eigenvalue weighted by Gasteiger charge is -2.44. The first-order valence-electron chi connectivity index (χ1n) is 14.7. The molecule has 6 atom stereocenters. The van der Waals surface area contributed by atoms with Crippen molar-refractivity contribution >= 4 is 0 Å².